The molecule has 0 aliphatic carbocycles. The number of rotatable bonds is 7. The Bertz CT molecular complexity index is 554. The maximum Gasteiger partial charge on any atom is 0.174 e. The normalized spacial score (nSPS) is 11.2. The third kappa shape index (κ3) is 3.37. The maximum atomic E-state index is 6.17. The van der Waals surface area contributed by atoms with E-state index in [1.165, 1.54) is 0 Å². The van der Waals surface area contributed by atoms with Crippen LogP contribution in [0.1, 0.15) is 13.8 Å². The van der Waals surface area contributed by atoms with E-state index in [-0.39, 0.29) is 6.29 Å². The molecule has 0 saturated heterocycles. The number of ether oxygens (including phenoxy) is 2. The summed E-state index contributed by atoms with van der Waals surface area (Å²) in [5.41, 5.74) is 8.56. The fourth-order valence-electron chi connectivity index (χ4n) is 2.03. The van der Waals surface area contributed by atoms with E-state index in [9.17, 15) is 0 Å². The molecule has 2 aromatic rings. The standard InChI is InChI=1S/C15H21N3O2/c1-3-19-14(20-4-2)10-18-13-9-17-12-8-6-5-7-11(12)15(13)16/h5-9,14,18H,3-4,10H2,1-2H3,(H2,16,17). The van der Waals surface area contributed by atoms with Gasteiger partial charge in [-0.25, -0.2) is 0 Å². The molecular weight excluding hydrogens is 254 g/mol. The number of nitrogen functional groups attached to an aromatic ring is 1. The van der Waals surface area contributed by atoms with E-state index in [0.29, 0.717) is 25.4 Å². The van der Waals surface area contributed by atoms with E-state index in [1.54, 1.807) is 6.20 Å². The summed E-state index contributed by atoms with van der Waals surface area (Å²) >= 11 is 0. The monoisotopic (exact) mass is 275 g/mol. The predicted molar refractivity (Wildman–Crippen MR) is 81.7 cm³/mol. The number of benzene rings is 1. The summed E-state index contributed by atoms with van der Waals surface area (Å²) in [4.78, 5) is 4.39. The second kappa shape index (κ2) is 7.07. The van der Waals surface area contributed by atoms with Gasteiger partial charge < -0.3 is 20.5 Å². The molecule has 0 unspecified atom stereocenters. The molecule has 3 N–H and O–H groups in total. The summed E-state index contributed by atoms with van der Waals surface area (Å²) in [6, 6.07) is 7.81. The summed E-state index contributed by atoms with van der Waals surface area (Å²) in [5.74, 6) is 0. The molecule has 0 aliphatic heterocycles. The number of hydrogen-bond acceptors (Lipinski definition) is 5. The second-order valence-electron chi connectivity index (χ2n) is 4.32. The molecule has 0 radical (unpaired) electrons. The van der Waals surface area contributed by atoms with Crippen LogP contribution in [0.25, 0.3) is 10.9 Å². The number of pyridine rings is 1. The van der Waals surface area contributed by atoms with Crippen molar-refractivity contribution in [3.05, 3.63) is 30.5 Å². The lowest BCUT2D eigenvalue weighted by molar-refractivity contribution is -0.126. The Morgan fingerprint density at radius 1 is 1.20 bits per heavy atom. The van der Waals surface area contributed by atoms with Gasteiger partial charge in [0, 0.05) is 18.6 Å². The Labute approximate surface area is 119 Å². The molecule has 0 spiro atoms. The molecule has 0 bridgehead atoms. The van der Waals surface area contributed by atoms with Gasteiger partial charge in [-0.3, -0.25) is 4.98 Å². The van der Waals surface area contributed by atoms with Crippen LogP contribution in [-0.2, 0) is 9.47 Å². The summed E-state index contributed by atoms with van der Waals surface area (Å²) in [6.07, 6.45) is 1.46. The molecule has 5 heteroatoms. The third-order valence-corrected chi connectivity index (χ3v) is 2.98. The van der Waals surface area contributed by atoms with E-state index in [1.807, 2.05) is 38.1 Å². The van der Waals surface area contributed by atoms with E-state index in [4.69, 9.17) is 15.2 Å². The number of nitrogens with one attached hydrogen (secondary N) is 1. The zero-order valence-corrected chi connectivity index (χ0v) is 11.9. The van der Waals surface area contributed by atoms with E-state index < -0.39 is 0 Å². The lowest BCUT2D eigenvalue weighted by atomic mass is 10.1. The zero-order valence-electron chi connectivity index (χ0n) is 11.9. The van der Waals surface area contributed by atoms with Gasteiger partial charge in [0.05, 0.1) is 29.6 Å². The summed E-state index contributed by atoms with van der Waals surface area (Å²) < 4.78 is 11.0. The van der Waals surface area contributed by atoms with Crippen LogP contribution in [0.3, 0.4) is 0 Å². The van der Waals surface area contributed by atoms with Gasteiger partial charge in [-0.05, 0) is 19.9 Å². The van der Waals surface area contributed by atoms with E-state index >= 15 is 0 Å². The zero-order chi connectivity index (χ0) is 14.4. The first-order valence-electron chi connectivity index (χ1n) is 6.86. The van der Waals surface area contributed by atoms with Crippen molar-refractivity contribution < 1.29 is 9.47 Å². The van der Waals surface area contributed by atoms with Crippen LogP contribution >= 0.6 is 0 Å². The number of para-hydroxylation sites is 1. The molecule has 0 fully saturated rings. The fraction of sp³-hybridized carbons (Fsp3) is 0.400. The van der Waals surface area contributed by atoms with Gasteiger partial charge in [-0.15, -0.1) is 0 Å². The van der Waals surface area contributed by atoms with Crippen molar-refractivity contribution in [2.75, 3.05) is 30.8 Å². The third-order valence-electron chi connectivity index (χ3n) is 2.98. The van der Waals surface area contributed by atoms with Gasteiger partial charge in [0.15, 0.2) is 6.29 Å². The minimum absolute atomic E-state index is 0.282. The Kier molecular flexibility index (Phi) is 5.15. The number of fused-ring (bicyclic) bond motifs is 1. The molecule has 0 amide bonds. The van der Waals surface area contributed by atoms with Crippen molar-refractivity contribution in [3.63, 3.8) is 0 Å². The fourth-order valence-corrected chi connectivity index (χ4v) is 2.03. The molecule has 1 heterocycles. The van der Waals surface area contributed by atoms with Crippen LogP contribution in [0.4, 0.5) is 11.4 Å². The number of nitrogens with two attached hydrogens (primary N) is 1. The number of nitrogens with zero attached hydrogens (tertiary/aromatic N) is 1. The van der Waals surface area contributed by atoms with Gasteiger partial charge in [0.1, 0.15) is 0 Å². The van der Waals surface area contributed by atoms with Crippen molar-refractivity contribution in [1.29, 1.82) is 0 Å². The Hall–Kier alpha value is -1.85. The van der Waals surface area contributed by atoms with Crippen molar-refractivity contribution in [2.45, 2.75) is 20.1 Å². The molecule has 1 aromatic carbocycles. The highest BCUT2D eigenvalue weighted by atomic mass is 16.7. The van der Waals surface area contributed by atoms with E-state index in [2.05, 4.69) is 10.3 Å². The Morgan fingerprint density at radius 3 is 2.60 bits per heavy atom. The van der Waals surface area contributed by atoms with Crippen LogP contribution in [0.2, 0.25) is 0 Å². The van der Waals surface area contributed by atoms with Gasteiger partial charge in [0.25, 0.3) is 0 Å². The smallest absolute Gasteiger partial charge is 0.174 e. The second-order valence-corrected chi connectivity index (χ2v) is 4.32. The SMILES string of the molecule is CCOC(CNc1cnc2ccccc2c1N)OCC. The Balaban J connectivity index is 2.11. The maximum absolute atomic E-state index is 6.17. The summed E-state index contributed by atoms with van der Waals surface area (Å²) in [6.45, 7) is 5.64. The molecular formula is C15H21N3O2. The lowest BCUT2D eigenvalue weighted by Crippen LogP contribution is -2.26. The van der Waals surface area contributed by atoms with E-state index in [0.717, 1.165) is 16.6 Å². The van der Waals surface area contributed by atoms with Crippen LogP contribution in [0.15, 0.2) is 30.5 Å². The number of hydrogen-bond donors (Lipinski definition) is 2. The van der Waals surface area contributed by atoms with Gasteiger partial charge in [0.2, 0.25) is 0 Å². The molecule has 5 nitrogen and oxygen atoms in total. The highest BCUT2D eigenvalue weighted by Gasteiger charge is 2.10. The lowest BCUT2D eigenvalue weighted by Gasteiger charge is -2.19. The Morgan fingerprint density at radius 2 is 1.90 bits per heavy atom. The number of anilines is 2. The van der Waals surface area contributed by atoms with Crippen LogP contribution in [0, 0.1) is 0 Å². The van der Waals surface area contributed by atoms with Crippen LogP contribution < -0.4 is 11.1 Å². The highest BCUT2D eigenvalue weighted by Crippen LogP contribution is 2.26. The van der Waals surface area contributed by atoms with Crippen molar-refractivity contribution in [3.8, 4) is 0 Å². The molecule has 108 valence electrons. The summed E-state index contributed by atoms with van der Waals surface area (Å²) in [7, 11) is 0. The van der Waals surface area contributed by atoms with Crippen molar-refractivity contribution >= 4 is 22.3 Å². The van der Waals surface area contributed by atoms with Crippen molar-refractivity contribution in [2.24, 2.45) is 0 Å². The quantitative estimate of drug-likeness (QED) is 0.760. The first kappa shape index (κ1) is 14.6. The highest BCUT2D eigenvalue weighted by molar-refractivity contribution is 5.96. The summed E-state index contributed by atoms with van der Waals surface area (Å²) in [5, 5.41) is 4.18. The van der Waals surface area contributed by atoms with Crippen LogP contribution in [0.5, 0.6) is 0 Å². The first-order chi connectivity index (χ1) is 9.76. The molecule has 2 rings (SSSR count). The minimum atomic E-state index is -0.282. The van der Waals surface area contributed by atoms with Crippen molar-refractivity contribution in [1.82, 2.24) is 4.98 Å². The molecule has 0 atom stereocenters. The predicted octanol–water partition coefficient (Wildman–Crippen LogP) is 2.63. The number of aromatic nitrogens is 1. The topological polar surface area (TPSA) is 69.4 Å². The molecule has 20 heavy (non-hydrogen) atoms. The van der Waals surface area contributed by atoms with Crippen LogP contribution in [-0.4, -0.2) is 31.0 Å². The molecule has 0 aliphatic rings. The van der Waals surface area contributed by atoms with Gasteiger partial charge >= 0.3 is 0 Å². The van der Waals surface area contributed by atoms with Gasteiger partial charge in [-0.2, -0.15) is 0 Å². The average molecular weight is 275 g/mol. The molecule has 1 aromatic heterocycles. The largest absolute Gasteiger partial charge is 0.396 e. The van der Waals surface area contributed by atoms with Gasteiger partial charge in [-0.1, -0.05) is 18.2 Å². The molecule has 0 saturated carbocycles. The minimum Gasteiger partial charge on any atom is -0.396 e. The average Bonchev–Trinajstić information content (AvgIpc) is 2.47. The first-order valence-corrected chi connectivity index (χ1v) is 6.86.